The van der Waals surface area contributed by atoms with Gasteiger partial charge >= 0.3 is 0 Å². The normalized spacial score (nSPS) is 25.3. The van der Waals surface area contributed by atoms with E-state index in [0.717, 1.165) is 56.5 Å². The van der Waals surface area contributed by atoms with Gasteiger partial charge in [0.05, 0.1) is 0 Å². The number of oxazole rings is 1. The van der Waals surface area contributed by atoms with Gasteiger partial charge in [-0.05, 0) is 31.4 Å². The van der Waals surface area contributed by atoms with Crippen molar-refractivity contribution < 1.29 is 9.21 Å². The molecule has 2 aromatic rings. The molecule has 2 fully saturated rings. The average molecular weight is 314 g/mol. The van der Waals surface area contributed by atoms with Gasteiger partial charge in [0.15, 0.2) is 5.58 Å². The predicted molar refractivity (Wildman–Crippen MR) is 88.1 cm³/mol. The molecule has 0 spiro atoms. The van der Waals surface area contributed by atoms with E-state index in [1.807, 2.05) is 29.2 Å². The summed E-state index contributed by atoms with van der Waals surface area (Å²) >= 11 is 0. The number of aromatic nitrogens is 1. The summed E-state index contributed by atoms with van der Waals surface area (Å²) in [6.07, 6.45) is 2.74. The van der Waals surface area contributed by atoms with Gasteiger partial charge in [-0.2, -0.15) is 4.98 Å². The number of fused-ring (bicyclic) bond motifs is 1. The number of hydrogen-bond donors (Lipinski definition) is 1. The molecule has 6 heteroatoms. The zero-order valence-electron chi connectivity index (χ0n) is 13.1. The van der Waals surface area contributed by atoms with Gasteiger partial charge in [-0.1, -0.05) is 12.1 Å². The number of para-hydroxylation sites is 2. The minimum Gasteiger partial charge on any atom is -0.423 e. The summed E-state index contributed by atoms with van der Waals surface area (Å²) < 4.78 is 5.81. The van der Waals surface area contributed by atoms with Crippen molar-refractivity contribution in [2.24, 2.45) is 11.7 Å². The molecule has 4 rings (SSSR count). The van der Waals surface area contributed by atoms with Crippen LogP contribution in [-0.2, 0) is 4.79 Å². The maximum Gasteiger partial charge on any atom is 0.298 e. The third-order valence-corrected chi connectivity index (χ3v) is 4.97. The Morgan fingerprint density at radius 1 is 1.17 bits per heavy atom. The second-order valence-electron chi connectivity index (χ2n) is 6.55. The van der Waals surface area contributed by atoms with E-state index in [1.165, 1.54) is 0 Å². The fourth-order valence-corrected chi connectivity index (χ4v) is 3.61. The van der Waals surface area contributed by atoms with Gasteiger partial charge in [0.25, 0.3) is 6.01 Å². The van der Waals surface area contributed by atoms with Crippen molar-refractivity contribution in [3.05, 3.63) is 24.3 Å². The van der Waals surface area contributed by atoms with Crippen LogP contribution in [0.2, 0.25) is 0 Å². The molecular weight excluding hydrogens is 292 g/mol. The smallest absolute Gasteiger partial charge is 0.298 e. The monoisotopic (exact) mass is 314 g/mol. The summed E-state index contributed by atoms with van der Waals surface area (Å²) in [5.41, 5.74) is 7.61. The molecule has 1 aliphatic carbocycles. The summed E-state index contributed by atoms with van der Waals surface area (Å²) in [6, 6.07) is 8.63. The maximum absolute atomic E-state index is 12.5. The Bertz CT molecular complexity index is 672. The second kappa shape index (κ2) is 5.85. The molecule has 1 aromatic carbocycles. The van der Waals surface area contributed by atoms with Gasteiger partial charge in [0.2, 0.25) is 5.91 Å². The summed E-state index contributed by atoms with van der Waals surface area (Å²) in [6.45, 7) is 2.97. The lowest BCUT2D eigenvalue weighted by Crippen LogP contribution is -2.50. The number of nitrogens with two attached hydrogens (primary N) is 1. The lowest BCUT2D eigenvalue weighted by Gasteiger charge is -2.35. The quantitative estimate of drug-likeness (QED) is 0.911. The van der Waals surface area contributed by atoms with Crippen LogP contribution < -0.4 is 10.6 Å². The summed E-state index contributed by atoms with van der Waals surface area (Å²) in [5.74, 6) is 0.399. The van der Waals surface area contributed by atoms with Crippen LogP contribution in [0.3, 0.4) is 0 Å². The van der Waals surface area contributed by atoms with Gasteiger partial charge in [-0.25, -0.2) is 0 Å². The number of carbonyl (C=O) groups excluding carboxylic acids is 1. The van der Waals surface area contributed by atoms with Crippen molar-refractivity contribution in [3.8, 4) is 0 Å². The number of amides is 1. The number of benzene rings is 1. The highest BCUT2D eigenvalue weighted by molar-refractivity contribution is 5.79. The van der Waals surface area contributed by atoms with Gasteiger partial charge in [0.1, 0.15) is 5.52 Å². The topological polar surface area (TPSA) is 75.6 Å². The minimum absolute atomic E-state index is 0.126. The van der Waals surface area contributed by atoms with E-state index in [2.05, 4.69) is 9.88 Å². The molecule has 6 nitrogen and oxygen atoms in total. The maximum atomic E-state index is 12.5. The number of rotatable bonds is 2. The van der Waals surface area contributed by atoms with Crippen molar-refractivity contribution in [2.45, 2.75) is 25.3 Å². The number of nitrogens with zero attached hydrogens (tertiary/aromatic N) is 3. The van der Waals surface area contributed by atoms with Crippen LogP contribution in [0.1, 0.15) is 19.3 Å². The molecule has 0 radical (unpaired) electrons. The van der Waals surface area contributed by atoms with E-state index >= 15 is 0 Å². The van der Waals surface area contributed by atoms with Crippen molar-refractivity contribution in [3.63, 3.8) is 0 Å². The predicted octanol–water partition coefficient (Wildman–Crippen LogP) is 1.60. The first kappa shape index (κ1) is 14.5. The second-order valence-corrected chi connectivity index (χ2v) is 6.55. The van der Waals surface area contributed by atoms with E-state index in [4.69, 9.17) is 10.2 Å². The van der Waals surface area contributed by atoms with E-state index in [0.29, 0.717) is 6.01 Å². The van der Waals surface area contributed by atoms with Crippen LogP contribution in [-0.4, -0.2) is 48.0 Å². The first-order valence-electron chi connectivity index (χ1n) is 8.35. The van der Waals surface area contributed by atoms with Crippen LogP contribution in [0.15, 0.2) is 28.7 Å². The van der Waals surface area contributed by atoms with Crippen molar-refractivity contribution in [2.75, 3.05) is 31.1 Å². The highest BCUT2D eigenvalue weighted by atomic mass is 16.4. The molecule has 1 saturated heterocycles. The molecule has 1 amide bonds. The third-order valence-electron chi connectivity index (χ3n) is 4.97. The van der Waals surface area contributed by atoms with Crippen LogP contribution in [0.5, 0.6) is 0 Å². The van der Waals surface area contributed by atoms with Crippen LogP contribution >= 0.6 is 0 Å². The Hall–Kier alpha value is -2.08. The Morgan fingerprint density at radius 2 is 1.96 bits per heavy atom. The number of hydrogen-bond acceptors (Lipinski definition) is 5. The summed E-state index contributed by atoms with van der Waals surface area (Å²) in [4.78, 5) is 21.2. The van der Waals surface area contributed by atoms with Crippen LogP contribution in [0.25, 0.3) is 11.1 Å². The minimum atomic E-state index is 0.126. The molecule has 2 heterocycles. The average Bonchev–Trinajstić information content (AvgIpc) is 3.20. The fourth-order valence-electron chi connectivity index (χ4n) is 3.61. The first-order valence-corrected chi connectivity index (χ1v) is 8.35. The van der Waals surface area contributed by atoms with Crippen molar-refractivity contribution in [1.29, 1.82) is 0 Å². The van der Waals surface area contributed by atoms with E-state index in [-0.39, 0.29) is 17.9 Å². The van der Waals surface area contributed by atoms with Gasteiger partial charge in [0, 0.05) is 38.1 Å². The largest absolute Gasteiger partial charge is 0.423 e. The molecule has 2 atom stereocenters. The van der Waals surface area contributed by atoms with E-state index < -0.39 is 0 Å². The number of anilines is 1. The molecule has 23 heavy (non-hydrogen) atoms. The molecule has 2 N–H and O–H groups in total. The number of piperazine rings is 1. The van der Waals surface area contributed by atoms with Gasteiger partial charge in [-0.3, -0.25) is 4.79 Å². The third kappa shape index (κ3) is 2.79. The Kier molecular flexibility index (Phi) is 3.69. The lowest BCUT2D eigenvalue weighted by molar-refractivity contribution is -0.135. The molecule has 122 valence electrons. The standard InChI is InChI=1S/C17H22N4O2/c18-13-6-5-12(11-13)16(22)20-7-9-21(10-8-20)17-19-14-3-1-2-4-15(14)23-17/h1-4,12-13H,5-11,18H2. The molecule has 1 saturated carbocycles. The van der Waals surface area contributed by atoms with E-state index in [1.54, 1.807) is 0 Å². The zero-order valence-corrected chi connectivity index (χ0v) is 13.1. The highest BCUT2D eigenvalue weighted by Crippen LogP contribution is 2.27. The Morgan fingerprint density at radius 3 is 2.65 bits per heavy atom. The summed E-state index contributed by atoms with van der Waals surface area (Å²) in [7, 11) is 0. The Balaban J connectivity index is 1.39. The molecule has 0 bridgehead atoms. The Labute approximate surface area is 135 Å². The summed E-state index contributed by atoms with van der Waals surface area (Å²) in [5, 5.41) is 0. The molecule has 2 aliphatic rings. The fraction of sp³-hybridized carbons (Fsp3) is 0.529. The van der Waals surface area contributed by atoms with E-state index in [9.17, 15) is 4.79 Å². The van der Waals surface area contributed by atoms with Gasteiger partial charge < -0.3 is 20.0 Å². The molecule has 1 aromatic heterocycles. The molecule has 1 aliphatic heterocycles. The molecular formula is C17H22N4O2. The lowest BCUT2D eigenvalue weighted by atomic mass is 10.1. The zero-order chi connectivity index (χ0) is 15.8. The van der Waals surface area contributed by atoms with Crippen molar-refractivity contribution >= 4 is 23.0 Å². The highest BCUT2D eigenvalue weighted by Gasteiger charge is 2.33. The van der Waals surface area contributed by atoms with Crippen LogP contribution in [0, 0.1) is 5.92 Å². The van der Waals surface area contributed by atoms with Crippen molar-refractivity contribution in [1.82, 2.24) is 9.88 Å². The number of carbonyl (C=O) groups is 1. The SMILES string of the molecule is NC1CCC(C(=O)N2CCN(c3nc4ccccc4o3)CC2)C1. The van der Waals surface area contributed by atoms with Crippen LogP contribution in [0.4, 0.5) is 6.01 Å². The first-order chi connectivity index (χ1) is 11.2. The van der Waals surface area contributed by atoms with Gasteiger partial charge in [-0.15, -0.1) is 0 Å². The molecule has 2 unspecified atom stereocenters.